The summed E-state index contributed by atoms with van der Waals surface area (Å²) in [5.41, 5.74) is 0.668. The number of Topliss-reactive ketones (excluding diaryl/α,β-unsaturated/α-hetero) is 1. The number of pyridine rings is 1. The van der Waals surface area contributed by atoms with Crippen LogP contribution in [0.25, 0.3) is 10.9 Å². The SMILES string of the molecule is N#CC(C(=O)NC1CCCCC1)C(=O)c1cnc2ccc(F)cc2c1. The number of nitriles is 1. The molecular weight excluding hydrogens is 321 g/mol. The molecule has 0 spiro atoms. The Morgan fingerprint density at radius 2 is 2.00 bits per heavy atom. The van der Waals surface area contributed by atoms with Gasteiger partial charge in [-0.25, -0.2) is 4.39 Å². The van der Waals surface area contributed by atoms with Crippen LogP contribution in [0.4, 0.5) is 4.39 Å². The first-order valence-corrected chi connectivity index (χ1v) is 8.38. The summed E-state index contributed by atoms with van der Waals surface area (Å²) in [4.78, 5) is 29.0. The second kappa shape index (κ2) is 7.39. The molecule has 0 bridgehead atoms. The van der Waals surface area contributed by atoms with Crippen LogP contribution in [-0.2, 0) is 4.79 Å². The molecule has 1 aromatic heterocycles. The highest BCUT2D eigenvalue weighted by atomic mass is 19.1. The summed E-state index contributed by atoms with van der Waals surface area (Å²) < 4.78 is 13.4. The molecule has 1 aliphatic rings. The maximum atomic E-state index is 13.4. The van der Waals surface area contributed by atoms with Crippen molar-refractivity contribution in [3.05, 3.63) is 41.8 Å². The molecule has 6 heteroatoms. The van der Waals surface area contributed by atoms with Gasteiger partial charge in [0, 0.05) is 23.2 Å². The van der Waals surface area contributed by atoms with Crippen molar-refractivity contribution in [2.45, 2.75) is 38.1 Å². The van der Waals surface area contributed by atoms with Gasteiger partial charge in [-0.3, -0.25) is 14.6 Å². The molecule has 1 saturated carbocycles. The topological polar surface area (TPSA) is 82.9 Å². The van der Waals surface area contributed by atoms with E-state index in [1.807, 2.05) is 0 Å². The molecule has 1 N–H and O–H groups in total. The Kier molecular flexibility index (Phi) is 5.03. The summed E-state index contributed by atoms with van der Waals surface area (Å²) in [5, 5.41) is 12.6. The number of hydrogen-bond acceptors (Lipinski definition) is 4. The van der Waals surface area contributed by atoms with Crippen LogP contribution in [0.2, 0.25) is 0 Å². The second-order valence-corrected chi connectivity index (χ2v) is 6.33. The molecule has 2 aromatic rings. The predicted molar refractivity (Wildman–Crippen MR) is 90.2 cm³/mol. The average molecular weight is 339 g/mol. The van der Waals surface area contributed by atoms with Gasteiger partial charge >= 0.3 is 0 Å². The van der Waals surface area contributed by atoms with E-state index in [0.717, 1.165) is 32.1 Å². The van der Waals surface area contributed by atoms with E-state index in [-0.39, 0.29) is 11.6 Å². The molecule has 0 aliphatic heterocycles. The van der Waals surface area contributed by atoms with Crippen molar-refractivity contribution in [3.63, 3.8) is 0 Å². The number of benzene rings is 1. The van der Waals surface area contributed by atoms with Crippen molar-refractivity contribution in [2.24, 2.45) is 5.92 Å². The Hall–Kier alpha value is -2.81. The summed E-state index contributed by atoms with van der Waals surface area (Å²) in [6, 6.07) is 7.33. The largest absolute Gasteiger partial charge is 0.352 e. The van der Waals surface area contributed by atoms with Gasteiger partial charge in [0.2, 0.25) is 5.91 Å². The van der Waals surface area contributed by atoms with E-state index < -0.39 is 23.4 Å². The molecule has 1 heterocycles. The first-order chi connectivity index (χ1) is 12.1. The zero-order valence-corrected chi connectivity index (χ0v) is 13.7. The zero-order valence-electron chi connectivity index (χ0n) is 13.7. The maximum absolute atomic E-state index is 13.4. The van der Waals surface area contributed by atoms with Crippen LogP contribution in [0.15, 0.2) is 30.5 Å². The molecule has 1 aliphatic carbocycles. The number of nitrogens with one attached hydrogen (secondary N) is 1. The van der Waals surface area contributed by atoms with E-state index in [1.54, 1.807) is 6.07 Å². The minimum absolute atomic E-state index is 0.0220. The molecule has 128 valence electrons. The third-order valence-electron chi connectivity index (χ3n) is 4.53. The van der Waals surface area contributed by atoms with Gasteiger partial charge < -0.3 is 5.32 Å². The third-order valence-corrected chi connectivity index (χ3v) is 4.53. The lowest BCUT2D eigenvalue weighted by Gasteiger charge is -2.23. The van der Waals surface area contributed by atoms with Gasteiger partial charge in [-0.1, -0.05) is 19.3 Å². The van der Waals surface area contributed by atoms with E-state index in [0.29, 0.717) is 10.9 Å². The lowest BCUT2D eigenvalue weighted by Crippen LogP contribution is -2.42. The Balaban J connectivity index is 1.79. The van der Waals surface area contributed by atoms with E-state index in [2.05, 4.69) is 10.3 Å². The van der Waals surface area contributed by atoms with Crippen LogP contribution < -0.4 is 5.32 Å². The molecule has 1 atom stereocenters. The Bertz CT molecular complexity index is 853. The quantitative estimate of drug-likeness (QED) is 0.685. The van der Waals surface area contributed by atoms with E-state index in [4.69, 9.17) is 0 Å². The number of aromatic nitrogens is 1. The summed E-state index contributed by atoms with van der Waals surface area (Å²) in [5.74, 6) is -3.05. The number of nitrogens with zero attached hydrogens (tertiary/aromatic N) is 2. The first kappa shape index (κ1) is 17.0. The summed E-state index contributed by atoms with van der Waals surface area (Å²) >= 11 is 0. The third kappa shape index (κ3) is 3.82. The molecule has 5 nitrogen and oxygen atoms in total. The van der Waals surface area contributed by atoms with Gasteiger partial charge in [-0.2, -0.15) is 5.26 Å². The zero-order chi connectivity index (χ0) is 17.8. The lowest BCUT2D eigenvalue weighted by molar-refractivity contribution is -0.123. The van der Waals surface area contributed by atoms with Gasteiger partial charge in [0.05, 0.1) is 11.6 Å². The van der Waals surface area contributed by atoms with Crippen LogP contribution in [0, 0.1) is 23.1 Å². The Morgan fingerprint density at radius 3 is 2.72 bits per heavy atom. The standard InChI is InChI=1S/C19H18FN3O2/c20-14-6-7-17-12(9-14)8-13(11-22-17)18(24)16(10-21)19(25)23-15-4-2-1-3-5-15/h6-9,11,15-16H,1-5H2,(H,23,25). The highest BCUT2D eigenvalue weighted by molar-refractivity contribution is 6.12. The molecular formula is C19H18FN3O2. The molecule has 1 unspecified atom stereocenters. The number of hydrogen-bond donors (Lipinski definition) is 1. The van der Waals surface area contributed by atoms with Crippen molar-refractivity contribution in [2.75, 3.05) is 0 Å². The molecule has 1 fully saturated rings. The van der Waals surface area contributed by atoms with Crippen molar-refractivity contribution < 1.29 is 14.0 Å². The van der Waals surface area contributed by atoms with Crippen LogP contribution in [0.1, 0.15) is 42.5 Å². The fraction of sp³-hybridized carbons (Fsp3) is 0.368. The first-order valence-electron chi connectivity index (χ1n) is 8.38. The highest BCUT2D eigenvalue weighted by Gasteiger charge is 2.29. The summed E-state index contributed by atoms with van der Waals surface area (Å²) in [6.45, 7) is 0. The molecule has 0 saturated heterocycles. The number of halogens is 1. The van der Waals surface area contributed by atoms with Gasteiger partial charge in [-0.05, 0) is 37.1 Å². The normalized spacial score (nSPS) is 16.2. The summed E-state index contributed by atoms with van der Waals surface area (Å²) in [7, 11) is 0. The fourth-order valence-corrected chi connectivity index (χ4v) is 3.17. The smallest absolute Gasteiger partial charge is 0.245 e. The molecule has 25 heavy (non-hydrogen) atoms. The number of amides is 1. The van der Waals surface area contributed by atoms with Crippen molar-refractivity contribution >= 4 is 22.6 Å². The number of rotatable bonds is 4. The van der Waals surface area contributed by atoms with Crippen molar-refractivity contribution in [3.8, 4) is 6.07 Å². The van der Waals surface area contributed by atoms with E-state index in [1.165, 1.54) is 30.5 Å². The molecule has 1 aromatic carbocycles. The van der Waals surface area contributed by atoms with Gasteiger partial charge in [-0.15, -0.1) is 0 Å². The van der Waals surface area contributed by atoms with Gasteiger partial charge in [0.25, 0.3) is 0 Å². The fourth-order valence-electron chi connectivity index (χ4n) is 3.17. The second-order valence-electron chi connectivity index (χ2n) is 6.33. The van der Waals surface area contributed by atoms with Crippen LogP contribution >= 0.6 is 0 Å². The minimum atomic E-state index is -1.42. The van der Waals surface area contributed by atoms with Crippen LogP contribution in [0.3, 0.4) is 0 Å². The Labute approximate surface area is 144 Å². The van der Waals surface area contributed by atoms with Crippen molar-refractivity contribution in [1.82, 2.24) is 10.3 Å². The lowest BCUT2D eigenvalue weighted by atomic mass is 9.93. The molecule has 1 amide bonds. The van der Waals surface area contributed by atoms with E-state index >= 15 is 0 Å². The number of fused-ring (bicyclic) bond motifs is 1. The van der Waals surface area contributed by atoms with Crippen molar-refractivity contribution in [1.29, 1.82) is 5.26 Å². The predicted octanol–water partition coefficient (Wildman–Crippen LogP) is 3.15. The number of ketones is 1. The van der Waals surface area contributed by atoms with E-state index in [9.17, 15) is 19.2 Å². The minimum Gasteiger partial charge on any atom is -0.352 e. The monoisotopic (exact) mass is 339 g/mol. The Morgan fingerprint density at radius 1 is 1.24 bits per heavy atom. The van der Waals surface area contributed by atoms with Gasteiger partial charge in [0.15, 0.2) is 11.7 Å². The molecule has 0 radical (unpaired) electrons. The average Bonchev–Trinajstić information content (AvgIpc) is 2.62. The van der Waals surface area contributed by atoms with Crippen LogP contribution in [0.5, 0.6) is 0 Å². The van der Waals surface area contributed by atoms with Crippen LogP contribution in [-0.4, -0.2) is 22.7 Å². The number of carbonyl (C=O) groups is 2. The number of carbonyl (C=O) groups excluding carboxylic acids is 2. The highest BCUT2D eigenvalue weighted by Crippen LogP contribution is 2.20. The maximum Gasteiger partial charge on any atom is 0.245 e. The summed E-state index contributed by atoms with van der Waals surface area (Å²) in [6.07, 6.45) is 6.28. The van der Waals surface area contributed by atoms with Gasteiger partial charge in [0.1, 0.15) is 5.82 Å². The molecule has 3 rings (SSSR count).